The molecule has 2 rings (SSSR count). The predicted molar refractivity (Wildman–Crippen MR) is 104 cm³/mol. The number of nitrogens with one attached hydrogen (secondary N) is 2. The fraction of sp³-hybridized carbons (Fsp3) is 0.211. The van der Waals surface area contributed by atoms with E-state index in [9.17, 15) is 14.4 Å². The first-order valence-corrected chi connectivity index (χ1v) is 8.85. The summed E-state index contributed by atoms with van der Waals surface area (Å²) >= 11 is 3.29. The van der Waals surface area contributed by atoms with Crippen LogP contribution in [0.15, 0.2) is 46.9 Å². The lowest BCUT2D eigenvalue weighted by molar-refractivity contribution is -0.150. The van der Waals surface area contributed by atoms with E-state index in [1.807, 2.05) is 26.0 Å². The molecule has 8 heteroatoms. The minimum atomic E-state index is -0.743. The lowest BCUT2D eigenvalue weighted by atomic mass is 10.1. The second kappa shape index (κ2) is 9.72. The van der Waals surface area contributed by atoms with E-state index in [1.54, 1.807) is 30.3 Å². The molecule has 0 aromatic heterocycles. The summed E-state index contributed by atoms with van der Waals surface area (Å²) in [4.78, 5) is 35.1. The molecule has 2 N–H and O–H groups in total. The van der Waals surface area contributed by atoms with Crippen LogP contribution in [0.25, 0.3) is 0 Å². The van der Waals surface area contributed by atoms with Crippen LogP contribution in [0, 0.1) is 13.8 Å². The number of carbonyl (C=O) groups excluding carboxylic acids is 3. The fourth-order valence-electron chi connectivity index (χ4n) is 2.03. The molecule has 7 nitrogen and oxygen atoms in total. The number of carbonyl (C=O) groups is 3. The number of imide groups is 1. The number of halogens is 1. The average Bonchev–Trinajstić information content (AvgIpc) is 2.61. The Morgan fingerprint density at radius 1 is 1.00 bits per heavy atom. The summed E-state index contributed by atoms with van der Waals surface area (Å²) in [5.41, 5.74) is 2.66. The number of benzene rings is 2. The van der Waals surface area contributed by atoms with Crippen molar-refractivity contribution >= 4 is 39.5 Å². The van der Waals surface area contributed by atoms with E-state index in [0.29, 0.717) is 11.4 Å². The molecule has 0 aliphatic rings. The van der Waals surface area contributed by atoms with Crippen molar-refractivity contribution in [1.82, 2.24) is 5.32 Å². The van der Waals surface area contributed by atoms with E-state index in [0.717, 1.165) is 15.6 Å². The Balaban J connectivity index is 1.70. The minimum Gasteiger partial charge on any atom is -0.482 e. The molecule has 0 saturated heterocycles. The van der Waals surface area contributed by atoms with Crippen molar-refractivity contribution in [3.05, 3.63) is 58.1 Å². The van der Waals surface area contributed by atoms with Gasteiger partial charge >= 0.3 is 12.0 Å². The van der Waals surface area contributed by atoms with E-state index in [4.69, 9.17) is 9.47 Å². The number of amides is 3. The molecule has 0 spiro atoms. The molecule has 27 heavy (non-hydrogen) atoms. The largest absolute Gasteiger partial charge is 0.482 e. The second-order valence-electron chi connectivity index (χ2n) is 5.71. The van der Waals surface area contributed by atoms with Gasteiger partial charge in [0.1, 0.15) is 5.75 Å². The van der Waals surface area contributed by atoms with Crippen LogP contribution in [0.5, 0.6) is 5.75 Å². The van der Waals surface area contributed by atoms with Gasteiger partial charge in [-0.25, -0.2) is 9.59 Å². The number of anilines is 1. The van der Waals surface area contributed by atoms with Gasteiger partial charge in [0.25, 0.3) is 5.91 Å². The predicted octanol–water partition coefficient (Wildman–Crippen LogP) is 3.34. The zero-order chi connectivity index (χ0) is 19.8. The van der Waals surface area contributed by atoms with Gasteiger partial charge in [0, 0.05) is 10.2 Å². The monoisotopic (exact) mass is 434 g/mol. The first-order valence-electron chi connectivity index (χ1n) is 8.05. The number of rotatable bonds is 6. The van der Waals surface area contributed by atoms with Gasteiger partial charge in [-0.1, -0.05) is 28.1 Å². The molecule has 0 unspecified atom stereocenters. The standard InChI is InChI=1S/C19H19BrN2O5/c1-12-6-7-15(8-13(12)2)21-19(25)22-17(23)10-27-18(24)11-26-16-5-3-4-14(20)9-16/h3-9H,10-11H2,1-2H3,(H2,21,22,23,25). The molecule has 142 valence electrons. The van der Waals surface area contributed by atoms with Gasteiger partial charge < -0.3 is 14.8 Å². The van der Waals surface area contributed by atoms with Gasteiger partial charge in [0.05, 0.1) is 0 Å². The Labute approximate surface area is 165 Å². The molecule has 0 aliphatic carbocycles. The summed E-state index contributed by atoms with van der Waals surface area (Å²) < 4.78 is 10.8. The van der Waals surface area contributed by atoms with E-state index < -0.39 is 24.5 Å². The summed E-state index contributed by atoms with van der Waals surface area (Å²) in [5, 5.41) is 4.63. The maximum atomic E-state index is 11.8. The molecule has 0 heterocycles. The Morgan fingerprint density at radius 3 is 2.48 bits per heavy atom. The SMILES string of the molecule is Cc1ccc(NC(=O)NC(=O)COC(=O)COc2cccc(Br)c2)cc1C. The van der Waals surface area contributed by atoms with Gasteiger partial charge in [-0.3, -0.25) is 10.1 Å². The van der Waals surface area contributed by atoms with E-state index in [-0.39, 0.29) is 6.61 Å². The zero-order valence-corrected chi connectivity index (χ0v) is 16.5. The third-order valence-electron chi connectivity index (χ3n) is 3.53. The van der Waals surface area contributed by atoms with Crippen LogP contribution in [0.3, 0.4) is 0 Å². The number of esters is 1. The average molecular weight is 435 g/mol. The van der Waals surface area contributed by atoms with Gasteiger partial charge in [0.2, 0.25) is 0 Å². The van der Waals surface area contributed by atoms with Gasteiger partial charge in [-0.15, -0.1) is 0 Å². The molecule has 0 saturated carbocycles. The highest BCUT2D eigenvalue weighted by molar-refractivity contribution is 9.10. The lowest BCUT2D eigenvalue weighted by Gasteiger charge is -2.09. The summed E-state index contributed by atoms with van der Waals surface area (Å²) in [5.74, 6) is -0.981. The molecule has 2 aromatic rings. The van der Waals surface area contributed by atoms with Crippen LogP contribution >= 0.6 is 15.9 Å². The molecule has 0 aliphatic heterocycles. The normalized spacial score (nSPS) is 10.0. The Bertz CT molecular complexity index is 854. The van der Waals surface area contributed by atoms with Crippen LogP contribution in [-0.2, 0) is 14.3 Å². The number of ether oxygens (including phenoxy) is 2. The van der Waals surface area contributed by atoms with Crippen LogP contribution in [0.2, 0.25) is 0 Å². The number of aryl methyl sites for hydroxylation is 2. The number of urea groups is 1. The minimum absolute atomic E-state index is 0.349. The van der Waals surface area contributed by atoms with Crippen LogP contribution in [-0.4, -0.2) is 31.1 Å². The maximum Gasteiger partial charge on any atom is 0.344 e. The smallest absolute Gasteiger partial charge is 0.344 e. The molecule has 0 atom stereocenters. The van der Waals surface area contributed by atoms with Crippen molar-refractivity contribution in [2.75, 3.05) is 18.5 Å². The third-order valence-corrected chi connectivity index (χ3v) is 4.03. The highest BCUT2D eigenvalue weighted by Gasteiger charge is 2.12. The number of hydrogen-bond acceptors (Lipinski definition) is 5. The molecular formula is C19H19BrN2O5. The highest BCUT2D eigenvalue weighted by atomic mass is 79.9. The van der Waals surface area contributed by atoms with E-state index in [2.05, 4.69) is 26.6 Å². The highest BCUT2D eigenvalue weighted by Crippen LogP contribution is 2.17. The lowest BCUT2D eigenvalue weighted by Crippen LogP contribution is -2.37. The van der Waals surface area contributed by atoms with Gasteiger partial charge in [-0.05, 0) is 55.3 Å². The zero-order valence-electron chi connectivity index (χ0n) is 14.9. The van der Waals surface area contributed by atoms with E-state index in [1.165, 1.54) is 0 Å². The fourth-order valence-corrected chi connectivity index (χ4v) is 2.41. The Morgan fingerprint density at radius 2 is 1.78 bits per heavy atom. The van der Waals surface area contributed by atoms with E-state index >= 15 is 0 Å². The number of hydrogen-bond donors (Lipinski definition) is 2. The van der Waals surface area contributed by atoms with Crippen molar-refractivity contribution in [2.45, 2.75) is 13.8 Å². The van der Waals surface area contributed by atoms with Crippen molar-refractivity contribution in [1.29, 1.82) is 0 Å². The second-order valence-corrected chi connectivity index (χ2v) is 6.62. The maximum absolute atomic E-state index is 11.8. The Hall–Kier alpha value is -2.87. The topological polar surface area (TPSA) is 93.7 Å². The molecule has 0 radical (unpaired) electrons. The summed E-state index contributed by atoms with van der Waals surface area (Å²) in [6, 6.07) is 11.6. The molecule has 0 fully saturated rings. The van der Waals surface area contributed by atoms with Gasteiger partial charge in [0.15, 0.2) is 13.2 Å². The van der Waals surface area contributed by atoms with Gasteiger partial charge in [-0.2, -0.15) is 0 Å². The first-order chi connectivity index (χ1) is 12.8. The van der Waals surface area contributed by atoms with Crippen molar-refractivity contribution in [2.24, 2.45) is 0 Å². The molecule has 0 bridgehead atoms. The molecular weight excluding hydrogens is 416 g/mol. The van der Waals surface area contributed by atoms with Crippen molar-refractivity contribution in [3.8, 4) is 5.75 Å². The summed E-state index contributed by atoms with van der Waals surface area (Å²) in [7, 11) is 0. The third kappa shape index (κ3) is 7.10. The van der Waals surface area contributed by atoms with Crippen LogP contribution in [0.1, 0.15) is 11.1 Å². The first kappa shape index (κ1) is 20.4. The molecule has 2 aromatic carbocycles. The van der Waals surface area contributed by atoms with Crippen LogP contribution in [0.4, 0.5) is 10.5 Å². The van der Waals surface area contributed by atoms with Crippen LogP contribution < -0.4 is 15.4 Å². The summed E-state index contributed by atoms with van der Waals surface area (Å²) in [6.45, 7) is 2.94. The summed E-state index contributed by atoms with van der Waals surface area (Å²) in [6.07, 6.45) is 0. The van der Waals surface area contributed by atoms with Crippen molar-refractivity contribution < 1.29 is 23.9 Å². The molecule has 3 amide bonds. The quantitative estimate of drug-likeness (QED) is 0.679. The Kier molecular flexibility index (Phi) is 7.36. The van der Waals surface area contributed by atoms with Crippen molar-refractivity contribution in [3.63, 3.8) is 0 Å².